The van der Waals surface area contributed by atoms with E-state index >= 15 is 0 Å². The lowest BCUT2D eigenvalue weighted by atomic mass is 9.76. The van der Waals surface area contributed by atoms with Crippen LogP contribution in [-0.4, -0.2) is 37.2 Å². The molecule has 1 fully saturated rings. The Morgan fingerprint density at radius 3 is 2.14 bits per heavy atom. The van der Waals surface area contributed by atoms with Crippen molar-refractivity contribution >= 4 is 27.6 Å². The van der Waals surface area contributed by atoms with Crippen LogP contribution in [0.4, 0.5) is 5.69 Å². The molecule has 0 radical (unpaired) electrons. The molecule has 21 heavy (non-hydrogen) atoms. The summed E-state index contributed by atoms with van der Waals surface area (Å²) in [5.74, 6) is -1.51. The summed E-state index contributed by atoms with van der Waals surface area (Å²) in [6.45, 7) is 0. The second-order valence-corrected chi connectivity index (χ2v) is 6.89. The van der Waals surface area contributed by atoms with Gasteiger partial charge in [-0.1, -0.05) is 0 Å². The Morgan fingerprint density at radius 2 is 1.76 bits per heavy atom. The molecule has 0 unspecified atom stereocenters. The van der Waals surface area contributed by atoms with Gasteiger partial charge in [0, 0.05) is 11.3 Å². The molecule has 0 atom stereocenters. The molecule has 0 aliphatic heterocycles. The third kappa shape index (κ3) is 3.52. The Morgan fingerprint density at radius 1 is 1.19 bits per heavy atom. The third-order valence-electron chi connectivity index (χ3n) is 3.42. The lowest BCUT2D eigenvalue weighted by Gasteiger charge is -2.38. The van der Waals surface area contributed by atoms with Crippen molar-refractivity contribution in [2.75, 3.05) is 11.0 Å². The summed E-state index contributed by atoms with van der Waals surface area (Å²) in [5.41, 5.74) is -0.548. The molecule has 1 aromatic rings. The van der Waals surface area contributed by atoms with Crippen LogP contribution >= 0.6 is 0 Å². The van der Waals surface area contributed by atoms with E-state index in [2.05, 4.69) is 10.0 Å². The van der Waals surface area contributed by atoms with Gasteiger partial charge in [-0.15, -0.1) is 0 Å². The zero-order valence-corrected chi connectivity index (χ0v) is 12.2. The summed E-state index contributed by atoms with van der Waals surface area (Å²) in [6, 6.07) is 5.78. The Kier molecular flexibility index (Phi) is 3.91. The molecular formula is C13H16N2O5S. The Bertz CT molecular complexity index is 662. The van der Waals surface area contributed by atoms with Crippen LogP contribution in [0, 0.1) is 0 Å². The van der Waals surface area contributed by atoms with E-state index in [4.69, 9.17) is 5.11 Å². The predicted molar refractivity (Wildman–Crippen MR) is 76.6 cm³/mol. The van der Waals surface area contributed by atoms with Crippen molar-refractivity contribution in [2.24, 2.45) is 0 Å². The van der Waals surface area contributed by atoms with Crippen LogP contribution in [0.5, 0.6) is 0 Å². The van der Waals surface area contributed by atoms with Crippen molar-refractivity contribution in [1.82, 2.24) is 5.32 Å². The number of rotatable bonds is 5. The second-order valence-electron chi connectivity index (χ2n) is 5.15. The lowest BCUT2D eigenvalue weighted by Crippen LogP contribution is -2.59. The van der Waals surface area contributed by atoms with Gasteiger partial charge in [0.1, 0.15) is 5.54 Å². The molecule has 2 rings (SSSR count). The number of aliphatic carboxylic acids is 1. The molecule has 0 saturated heterocycles. The highest BCUT2D eigenvalue weighted by Crippen LogP contribution is 2.32. The van der Waals surface area contributed by atoms with E-state index in [0.29, 0.717) is 18.5 Å². The van der Waals surface area contributed by atoms with Crippen molar-refractivity contribution < 1.29 is 23.1 Å². The van der Waals surface area contributed by atoms with Crippen LogP contribution in [0.2, 0.25) is 0 Å². The molecule has 1 saturated carbocycles. The van der Waals surface area contributed by atoms with Crippen molar-refractivity contribution in [3.8, 4) is 0 Å². The van der Waals surface area contributed by atoms with Crippen molar-refractivity contribution in [3.05, 3.63) is 29.8 Å². The summed E-state index contributed by atoms with van der Waals surface area (Å²) < 4.78 is 24.4. The highest BCUT2D eigenvalue weighted by molar-refractivity contribution is 7.92. The molecule has 7 nitrogen and oxygen atoms in total. The van der Waals surface area contributed by atoms with Crippen LogP contribution in [0.3, 0.4) is 0 Å². The van der Waals surface area contributed by atoms with Gasteiger partial charge >= 0.3 is 5.97 Å². The van der Waals surface area contributed by atoms with Crippen molar-refractivity contribution in [1.29, 1.82) is 0 Å². The normalized spacial score (nSPS) is 16.6. The van der Waals surface area contributed by atoms with E-state index in [9.17, 15) is 18.0 Å². The maximum Gasteiger partial charge on any atom is 0.329 e. The molecule has 0 spiro atoms. The summed E-state index contributed by atoms with van der Waals surface area (Å²) in [7, 11) is -3.37. The first kappa shape index (κ1) is 15.3. The number of carbonyl (C=O) groups excluding carboxylic acids is 1. The molecule has 3 N–H and O–H groups in total. The zero-order valence-electron chi connectivity index (χ0n) is 11.4. The van der Waals surface area contributed by atoms with Crippen LogP contribution in [-0.2, 0) is 14.8 Å². The minimum Gasteiger partial charge on any atom is -0.480 e. The standard InChI is InChI=1S/C13H16N2O5S/c1-21(19,20)15-10-5-3-9(4-6-10)11(16)14-13(12(17)18)7-2-8-13/h3-6,15H,2,7-8H2,1H3,(H,14,16)(H,17,18). The fraction of sp³-hybridized carbons (Fsp3) is 0.385. The van der Waals surface area contributed by atoms with Crippen LogP contribution in [0.15, 0.2) is 24.3 Å². The second kappa shape index (κ2) is 5.36. The third-order valence-corrected chi connectivity index (χ3v) is 4.03. The van der Waals surface area contributed by atoms with Crippen LogP contribution in [0.1, 0.15) is 29.6 Å². The van der Waals surface area contributed by atoms with E-state index < -0.39 is 27.4 Å². The Labute approximate surface area is 122 Å². The molecule has 0 bridgehead atoms. The smallest absolute Gasteiger partial charge is 0.329 e. The fourth-order valence-corrected chi connectivity index (χ4v) is 2.68. The van der Waals surface area contributed by atoms with Gasteiger partial charge in [0.15, 0.2) is 0 Å². The van der Waals surface area contributed by atoms with Gasteiger partial charge in [-0.05, 0) is 43.5 Å². The number of nitrogens with one attached hydrogen (secondary N) is 2. The molecule has 0 heterocycles. The number of hydrogen-bond donors (Lipinski definition) is 3. The topological polar surface area (TPSA) is 113 Å². The summed E-state index contributed by atoms with van der Waals surface area (Å²) >= 11 is 0. The van der Waals surface area contributed by atoms with Gasteiger partial charge in [0.2, 0.25) is 10.0 Å². The number of carbonyl (C=O) groups is 2. The molecule has 8 heteroatoms. The van der Waals surface area contributed by atoms with Gasteiger partial charge in [-0.3, -0.25) is 9.52 Å². The first-order valence-corrected chi connectivity index (χ1v) is 8.25. The van der Waals surface area contributed by atoms with Crippen LogP contribution in [0.25, 0.3) is 0 Å². The molecule has 114 valence electrons. The lowest BCUT2D eigenvalue weighted by molar-refractivity contribution is -0.148. The zero-order chi connectivity index (χ0) is 15.7. The Balaban J connectivity index is 2.08. The molecule has 1 aromatic carbocycles. The van der Waals surface area contributed by atoms with E-state index in [0.717, 1.165) is 12.7 Å². The average Bonchev–Trinajstić information content (AvgIpc) is 2.32. The first-order valence-electron chi connectivity index (χ1n) is 6.36. The quantitative estimate of drug-likeness (QED) is 0.744. The van der Waals surface area contributed by atoms with Gasteiger partial charge in [-0.2, -0.15) is 0 Å². The Hall–Kier alpha value is -2.09. The van der Waals surface area contributed by atoms with Crippen molar-refractivity contribution in [2.45, 2.75) is 24.8 Å². The largest absolute Gasteiger partial charge is 0.480 e. The fourth-order valence-electron chi connectivity index (χ4n) is 2.12. The van der Waals surface area contributed by atoms with Crippen molar-refractivity contribution in [3.63, 3.8) is 0 Å². The SMILES string of the molecule is CS(=O)(=O)Nc1ccc(C(=O)NC2(C(=O)O)CCC2)cc1. The molecule has 1 aliphatic carbocycles. The molecule has 0 aromatic heterocycles. The number of amides is 1. The van der Waals surface area contributed by atoms with Gasteiger partial charge < -0.3 is 10.4 Å². The minimum absolute atomic E-state index is 0.279. The number of benzene rings is 1. The predicted octanol–water partition coefficient (Wildman–Crippen LogP) is 0.795. The molecule has 1 amide bonds. The van der Waals surface area contributed by atoms with E-state index in [1.165, 1.54) is 24.3 Å². The maximum atomic E-state index is 12.0. The molecule has 1 aliphatic rings. The highest BCUT2D eigenvalue weighted by Gasteiger charge is 2.45. The number of anilines is 1. The number of hydrogen-bond acceptors (Lipinski definition) is 4. The van der Waals surface area contributed by atoms with Gasteiger partial charge in [-0.25, -0.2) is 13.2 Å². The number of carboxylic acid groups (broad SMARTS) is 1. The van der Waals surface area contributed by atoms with Crippen LogP contribution < -0.4 is 10.0 Å². The van der Waals surface area contributed by atoms with E-state index in [1.807, 2.05) is 0 Å². The minimum atomic E-state index is -3.37. The monoisotopic (exact) mass is 312 g/mol. The van der Waals surface area contributed by atoms with E-state index in [1.54, 1.807) is 0 Å². The van der Waals surface area contributed by atoms with Gasteiger partial charge in [0.25, 0.3) is 5.91 Å². The number of carboxylic acids is 1. The highest BCUT2D eigenvalue weighted by atomic mass is 32.2. The summed E-state index contributed by atoms with van der Waals surface area (Å²) in [5, 5.41) is 11.7. The van der Waals surface area contributed by atoms with E-state index in [-0.39, 0.29) is 5.56 Å². The van der Waals surface area contributed by atoms with Gasteiger partial charge in [0.05, 0.1) is 6.26 Å². The maximum absolute atomic E-state index is 12.0. The summed E-state index contributed by atoms with van der Waals surface area (Å²) in [6.07, 6.45) is 2.63. The average molecular weight is 312 g/mol. The summed E-state index contributed by atoms with van der Waals surface area (Å²) in [4.78, 5) is 23.2. The molecular weight excluding hydrogens is 296 g/mol. The number of sulfonamides is 1. The first-order chi connectivity index (χ1) is 9.72.